The van der Waals surface area contributed by atoms with Crippen molar-refractivity contribution in [3.05, 3.63) is 89.0 Å². The number of esters is 1. The van der Waals surface area contributed by atoms with Crippen LogP contribution in [0.15, 0.2) is 76.7 Å². The summed E-state index contributed by atoms with van der Waals surface area (Å²) in [5.41, 5.74) is 6.08. The zero-order valence-electron chi connectivity index (χ0n) is 21.1. The lowest BCUT2D eigenvalue weighted by Crippen LogP contribution is -2.40. The Labute approximate surface area is 216 Å². The van der Waals surface area contributed by atoms with E-state index in [1.807, 2.05) is 19.9 Å². The lowest BCUT2D eigenvalue weighted by molar-refractivity contribution is -0.142. The molecule has 3 aromatic carbocycles. The van der Waals surface area contributed by atoms with Gasteiger partial charge in [0, 0.05) is 0 Å². The number of hydrogen-bond acceptors (Lipinski definition) is 7. The molecule has 3 aromatic rings. The molecule has 0 radical (unpaired) electrons. The molecule has 0 aliphatic carbocycles. The van der Waals surface area contributed by atoms with Crippen molar-refractivity contribution in [3.8, 4) is 5.75 Å². The summed E-state index contributed by atoms with van der Waals surface area (Å²) in [5.74, 6) is -0.630. The van der Waals surface area contributed by atoms with Crippen LogP contribution in [0.25, 0.3) is 0 Å². The second-order valence-electron chi connectivity index (χ2n) is 8.34. The summed E-state index contributed by atoms with van der Waals surface area (Å²) >= 11 is 0. The van der Waals surface area contributed by atoms with E-state index in [-0.39, 0.29) is 11.5 Å². The van der Waals surface area contributed by atoms with Gasteiger partial charge >= 0.3 is 5.97 Å². The zero-order chi connectivity index (χ0) is 27.0. The van der Waals surface area contributed by atoms with E-state index in [2.05, 4.69) is 15.3 Å². The van der Waals surface area contributed by atoms with Gasteiger partial charge in [0.1, 0.15) is 12.3 Å². The number of hydrazone groups is 1. The van der Waals surface area contributed by atoms with Gasteiger partial charge in [0.05, 0.1) is 23.9 Å². The number of aryl methyl sites for hydroxylation is 3. The molecule has 37 heavy (non-hydrogen) atoms. The highest BCUT2D eigenvalue weighted by atomic mass is 32.2. The Morgan fingerprint density at radius 2 is 1.59 bits per heavy atom. The summed E-state index contributed by atoms with van der Waals surface area (Å²) in [4.78, 5) is 24.0. The minimum absolute atomic E-state index is 0.0869. The molecule has 0 aromatic heterocycles. The van der Waals surface area contributed by atoms with Gasteiger partial charge in [-0.2, -0.15) is 5.10 Å². The summed E-state index contributed by atoms with van der Waals surface area (Å²) in [5, 5.41) is 3.95. The van der Waals surface area contributed by atoms with E-state index in [1.54, 1.807) is 55.5 Å². The number of nitrogens with zero attached hydrogens (tertiary/aromatic N) is 2. The van der Waals surface area contributed by atoms with Crippen LogP contribution in [0.1, 0.15) is 22.3 Å². The fourth-order valence-corrected chi connectivity index (χ4v) is 4.90. The number of rotatable bonds is 10. The maximum atomic E-state index is 13.5. The minimum Gasteiger partial charge on any atom is -0.482 e. The fourth-order valence-electron chi connectivity index (χ4n) is 3.42. The molecule has 0 aliphatic heterocycles. The molecule has 0 aliphatic rings. The molecule has 0 spiro atoms. The molecule has 10 heteroatoms. The van der Waals surface area contributed by atoms with Crippen molar-refractivity contribution in [2.45, 2.75) is 25.7 Å². The van der Waals surface area contributed by atoms with Gasteiger partial charge in [0.2, 0.25) is 0 Å². The summed E-state index contributed by atoms with van der Waals surface area (Å²) < 4.78 is 37.9. The fraction of sp³-hybridized carbons (Fsp3) is 0.222. The van der Waals surface area contributed by atoms with E-state index < -0.39 is 28.4 Å². The Morgan fingerprint density at radius 1 is 0.946 bits per heavy atom. The van der Waals surface area contributed by atoms with Crippen LogP contribution in [0.3, 0.4) is 0 Å². The van der Waals surface area contributed by atoms with Gasteiger partial charge in [0.15, 0.2) is 6.61 Å². The van der Waals surface area contributed by atoms with E-state index in [4.69, 9.17) is 4.74 Å². The van der Waals surface area contributed by atoms with Crippen LogP contribution in [0.2, 0.25) is 0 Å². The topological polar surface area (TPSA) is 114 Å². The molecule has 0 atom stereocenters. The molecule has 0 heterocycles. The van der Waals surface area contributed by atoms with E-state index >= 15 is 0 Å². The predicted octanol–water partition coefficient (Wildman–Crippen LogP) is 3.51. The van der Waals surface area contributed by atoms with Crippen molar-refractivity contribution in [1.29, 1.82) is 0 Å². The van der Waals surface area contributed by atoms with Crippen LogP contribution >= 0.6 is 0 Å². The smallest absolute Gasteiger partial charge is 0.343 e. The summed E-state index contributed by atoms with van der Waals surface area (Å²) in [6, 6.07) is 18.5. The molecule has 3 rings (SSSR count). The second kappa shape index (κ2) is 12.2. The number of nitrogens with one attached hydrogen (secondary N) is 1. The van der Waals surface area contributed by atoms with Gasteiger partial charge in [-0.3, -0.25) is 9.10 Å². The van der Waals surface area contributed by atoms with Crippen LogP contribution in [0, 0.1) is 20.8 Å². The molecule has 0 bridgehead atoms. The normalized spacial score (nSPS) is 11.2. The highest BCUT2D eigenvalue weighted by Crippen LogP contribution is 2.27. The van der Waals surface area contributed by atoms with Crippen LogP contribution < -0.4 is 14.5 Å². The van der Waals surface area contributed by atoms with Gasteiger partial charge in [-0.05, 0) is 74.4 Å². The lowest BCUT2D eigenvalue weighted by atomic mass is 10.1. The first kappa shape index (κ1) is 27.4. The van der Waals surface area contributed by atoms with E-state index in [0.717, 1.165) is 21.0 Å². The second-order valence-corrected chi connectivity index (χ2v) is 10.2. The van der Waals surface area contributed by atoms with Crippen LogP contribution in [-0.4, -0.2) is 46.8 Å². The number of carbonyl (C=O) groups excluding carboxylic acids is 2. The van der Waals surface area contributed by atoms with Crippen molar-refractivity contribution in [2.75, 3.05) is 24.6 Å². The third-order valence-electron chi connectivity index (χ3n) is 5.38. The first-order valence-electron chi connectivity index (χ1n) is 11.4. The largest absolute Gasteiger partial charge is 0.482 e. The third-order valence-corrected chi connectivity index (χ3v) is 7.16. The number of carbonyl (C=O) groups is 2. The molecule has 0 fully saturated rings. The Morgan fingerprint density at radius 3 is 2.22 bits per heavy atom. The summed E-state index contributed by atoms with van der Waals surface area (Å²) in [6.07, 6.45) is 1.41. The van der Waals surface area contributed by atoms with Crippen molar-refractivity contribution in [3.63, 3.8) is 0 Å². The zero-order valence-corrected chi connectivity index (χ0v) is 21.9. The van der Waals surface area contributed by atoms with Crippen molar-refractivity contribution in [2.24, 2.45) is 5.10 Å². The van der Waals surface area contributed by atoms with Crippen LogP contribution in [-0.2, 0) is 24.3 Å². The number of methoxy groups -OCH3 is 1. The van der Waals surface area contributed by atoms with Gasteiger partial charge < -0.3 is 9.47 Å². The molecule has 0 unspecified atom stereocenters. The summed E-state index contributed by atoms with van der Waals surface area (Å²) in [6.45, 7) is 4.91. The first-order chi connectivity index (χ1) is 17.6. The average Bonchev–Trinajstić information content (AvgIpc) is 2.87. The molecule has 1 N–H and O–H groups in total. The SMILES string of the molecule is COC(=O)COc1ccc(/C=N\NC(=O)CN(c2ccc(C)cc2C)S(=O)(=O)c2ccc(C)cc2)cc1. The molecule has 9 nitrogen and oxygen atoms in total. The van der Waals surface area contributed by atoms with Crippen LogP contribution in [0.5, 0.6) is 5.75 Å². The summed E-state index contributed by atoms with van der Waals surface area (Å²) in [7, 11) is -2.75. The highest BCUT2D eigenvalue weighted by Gasteiger charge is 2.28. The Hall–Kier alpha value is -4.18. The Balaban J connectivity index is 1.74. The van der Waals surface area contributed by atoms with Crippen molar-refractivity contribution >= 4 is 33.8 Å². The van der Waals surface area contributed by atoms with Crippen molar-refractivity contribution < 1.29 is 27.5 Å². The average molecular weight is 524 g/mol. The number of anilines is 1. The Kier molecular flexibility index (Phi) is 9.02. The molecule has 0 saturated carbocycles. The molecule has 1 amide bonds. The maximum Gasteiger partial charge on any atom is 0.343 e. The third kappa shape index (κ3) is 7.40. The molecular formula is C27H29N3O6S. The van der Waals surface area contributed by atoms with Gasteiger partial charge in [-0.1, -0.05) is 35.4 Å². The highest BCUT2D eigenvalue weighted by molar-refractivity contribution is 7.92. The molecule has 194 valence electrons. The van der Waals surface area contributed by atoms with Gasteiger partial charge in [-0.15, -0.1) is 0 Å². The molecule has 0 saturated heterocycles. The van der Waals surface area contributed by atoms with Crippen molar-refractivity contribution in [1.82, 2.24) is 5.43 Å². The van der Waals surface area contributed by atoms with Crippen LogP contribution in [0.4, 0.5) is 5.69 Å². The van der Waals surface area contributed by atoms with E-state index in [9.17, 15) is 18.0 Å². The number of sulfonamides is 1. The number of amides is 1. The number of benzene rings is 3. The Bertz CT molecular complexity index is 1380. The number of hydrogen-bond donors (Lipinski definition) is 1. The quantitative estimate of drug-likeness (QED) is 0.247. The monoisotopic (exact) mass is 523 g/mol. The molecular weight excluding hydrogens is 494 g/mol. The predicted molar refractivity (Wildman–Crippen MR) is 141 cm³/mol. The lowest BCUT2D eigenvalue weighted by Gasteiger charge is -2.25. The first-order valence-corrected chi connectivity index (χ1v) is 12.8. The van der Waals surface area contributed by atoms with E-state index in [0.29, 0.717) is 17.0 Å². The van der Waals surface area contributed by atoms with E-state index in [1.165, 1.54) is 25.5 Å². The van der Waals surface area contributed by atoms with Gasteiger partial charge in [-0.25, -0.2) is 18.6 Å². The number of ether oxygens (including phenoxy) is 2. The van der Waals surface area contributed by atoms with Gasteiger partial charge in [0.25, 0.3) is 15.9 Å². The standard InChI is InChI=1S/C27H29N3O6S/c1-19-5-12-24(13-6-19)37(33,34)30(25-14-7-20(2)15-21(25)3)17-26(31)29-28-16-22-8-10-23(11-9-22)36-18-27(32)35-4/h5-16H,17-18H2,1-4H3,(H,29,31)/b28-16-. The minimum atomic E-state index is -4.02. The maximum absolute atomic E-state index is 13.5.